The highest BCUT2D eigenvalue weighted by molar-refractivity contribution is 5.94. The smallest absolute Gasteiger partial charge is 0.341 e. The lowest BCUT2D eigenvalue weighted by Crippen LogP contribution is -2.19. The van der Waals surface area contributed by atoms with Gasteiger partial charge in [-0.25, -0.2) is 4.79 Å². The van der Waals surface area contributed by atoms with E-state index in [1.54, 1.807) is 12.1 Å². The number of fused-ring (bicyclic) bond motifs is 1. The van der Waals surface area contributed by atoms with Gasteiger partial charge in [-0.15, -0.1) is 0 Å². The second-order valence-electron chi connectivity index (χ2n) is 5.67. The molecule has 1 N–H and O–H groups in total. The number of ether oxygens (including phenoxy) is 1. The molecule has 0 bridgehead atoms. The summed E-state index contributed by atoms with van der Waals surface area (Å²) in [5.41, 5.74) is 0.0987. The van der Waals surface area contributed by atoms with Crippen LogP contribution in [0.2, 0.25) is 0 Å². The summed E-state index contributed by atoms with van der Waals surface area (Å²) in [6.45, 7) is 2.68. The average Bonchev–Trinajstić information content (AvgIpc) is 3.33. The number of aromatic nitrogens is 1. The second-order valence-corrected chi connectivity index (χ2v) is 5.67. The fourth-order valence-corrected chi connectivity index (χ4v) is 2.62. The Morgan fingerprint density at radius 3 is 2.82 bits per heavy atom. The van der Waals surface area contributed by atoms with E-state index in [0.717, 1.165) is 31.2 Å². The van der Waals surface area contributed by atoms with Crippen molar-refractivity contribution in [3.05, 3.63) is 40.2 Å². The normalized spacial score (nSPS) is 14.2. The van der Waals surface area contributed by atoms with E-state index in [1.807, 2.05) is 10.6 Å². The van der Waals surface area contributed by atoms with Gasteiger partial charge in [-0.3, -0.25) is 4.79 Å². The molecule has 0 amide bonds. The summed E-state index contributed by atoms with van der Waals surface area (Å²) in [5.74, 6) is -0.523. The molecule has 116 valence electrons. The first kappa shape index (κ1) is 14.6. The first-order valence-electron chi connectivity index (χ1n) is 7.67. The largest absolute Gasteiger partial charge is 0.491 e. The number of rotatable bonds is 6. The lowest BCUT2D eigenvalue weighted by molar-refractivity contribution is 0.0695. The number of aromatic carboxylic acids is 1. The molecule has 1 fully saturated rings. The van der Waals surface area contributed by atoms with Crippen molar-refractivity contribution < 1.29 is 14.6 Å². The number of hydrogen-bond acceptors (Lipinski definition) is 3. The van der Waals surface area contributed by atoms with Crippen LogP contribution in [0.3, 0.4) is 0 Å². The maximum atomic E-state index is 12.4. The zero-order valence-electron chi connectivity index (χ0n) is 12.5. The van der Waals surface area contributed by atoms with E-state index < -0.39 is 11.4 Å². The summed E-state index contributed by atoms with van der Waals surface area (Å²) in [6.07, 6.45) is 5.44. The molecule has 5 nitrogen and oxygen atoms in total. The number of nitrogens with zero attached hydrogens (tertiary/aromatic N) is 1. The number of hydrogen-bond donors (Lipinski definition) is 1. The van der Waals surface area contributed by atoms with Gasteiger partial charge in [-0.1, -0.05) is 19.4 Å². The van der Waals surface area contributed by atoms with Gasteiger partial charge < -0.3 is 14.4 Å². The Labute approximate surface area is 128 Å². The number of carbonyl (C=O) groups is 1. The van der Waals surface area contributed by atoms with Crippen molar-refractivity contribution in [2.75, 3.05) is 6.61 Å². The number of carboxylic acid groups (broad SMARTS) is 1. The molecular weight excluding hydrogens is 282 g/mol. The topological polar surface area (TPSA) is 68.5 Å². The molecule has 1 aromatic heterocycles. The Hall–Kier alpha value is -2.30. The molecule has 0 atom stereocenters. The third kappa shape index (κ3) is 2.58. The van der Waals surface area contributed by atoms with Crippen molar-refractivity contribution in [2.45, 2.75) is 38.6 Å². The lowest BCUT2D eigenvalue weighted by atomic mass is 10.1. The molecule has 5 heteroatoms. The molecule has 0 unspecified atom stereocenters. The van der Waals surface area contributed by atoms with Crippen molar-refractivity contribution in [3.63, 3.8) is 0 Å². The van der Waals surface area contributed by atoms with Crippen LogP contribution in [-0.4, -0.2) is 22.2 Å². The Bertz CT molecular complexity index is 774. The standard InChI is InChI=1S/C17H19NO4/c1-2-3-9-22-14-6-4-5-12-15(14)18(11-7-8-11)10-13(16(12)19)17(20)21/h4-6,10-11H,2-3,7-9H2,1H3,(H,20,21). The third-order valence-corrected chi connectivity index (χ3v) is 3.94. The number of unbranched alkanes of at least 4 members (excludes halogenated alkanes) is 1. The van der Waals surface area contributed by atoms with Crippen LogP contribution in [0, 0.1) is 0 Å². The van der Waals surface area contributed by atoms with Gasteiger partial charge in [0, 0.05) is 12.2 Å². The van der Waals surface area contributed by atoms with Crippen molar-refractivity contribution in [1.82, 2.24) is 4.57 Å². The quantitative estimate of drug-likeness (QED) is 0.832. The van der Waals surface area contributed by atoms with E-state index in [2.05, 4.69) is 6.92 Å². The minimum absolute atomic E-state index is 0.176. The van der Waals surface area contributed by atoms with Gasteiger partial charge in [0.05, 0.1) is 17.5 Å². The monoisotopic (exact) mass is 301 g/mol. The molecule has 1 aliphatic rings. The van der Waals surface area contributed by atoms with Crippen LogP contribution in [0.1, 0.15) is 49.0 Å². The molecule has 0 saturated heterocycles. The summed E-state index contributed by atoms with van der Waals surface area (Å²) in [4.78, 5) is 23.7. The minimum Gasteiger partial charge on any atom is -0.491 e. The van der Waals surface area contributed by atoms with Crippen LogP contribution in [0.25, 0.3) is 10.9 Å². The Kier molecular flexibility index (Phi) is 3.88. The van der Waals surface area contributed by atoms with Crippen LogP contribution in [0.4, 0.5) is 0 Å². The van der Waals surface area contributed by atoms with Gasteiger partial charge in [-0.2, -0.15) is 0 Å². The molecule has 1 heterocycles. The predicted octanol–water partition coefficient (Wildman–Crippen LogP) is 3.21. The van der Waals surface area contributed by atoms with E-state index >= 15 is 0 Å². The summed E-state index contributed by atoms with van der Waals surface area (Å²) < 4.78 is 7.73. The first-order chi connectivity index (χ1) is 10.6. The zero-order chi connectivity index (χ0) is 15.7. The number of para-hydroxylation sites is 1. The van der Waals surface area contributed by atoms with Gasteiger partial charge in [0.2, 0.25) is 5.43 Å². The lowest BCUT2D eigenvalue weighted by Gasteiger charge is -2.15. The number of pyridine rings is 1. The van der Waals surface area contributed by atoms with Crippen molar-refractivity contribution in [2.24, 2.45) is 0 Å². The highest BCUT2D eigenvalue weighted by atomic mass is 16.5. The van der Waals surface area contributed by atoms with Crippen LogP contribution in [0.15, 0.2) is 29.2 Å². The van der Waals surface area contributed by atoms with Crippen molar-refractivity contribution in [3.8, 4) is 5.75 Å². The van der Waals surface area contributed by atoms with Gasteiger partial charge in [0.25, 0.3) is 0 Å². The SMILES string of the molecule is CCCCOc1cccc2c(=O)c(C(=O)O)cn(C3CC3)c12. The van der Waals surface area contributed by atoms with Crippen LogP contribution < -0.4 is 10.2 Å². The molecule has 0 radical (unpaired) electrons. The highest BCUT2D eigenvalue weighted by Gasteiger charge is 2.28. The van der Waals surface area contributed by atoms with Gasteiger partial charge >= 0.3 is 5.97 Å². The Balaban J connectivity index is 2.20. The third-order valence-electron chi connectivity index (χ3n) is 3.94. The zero-order valence-corrected chi connectivity index (χ0v) is 12.5. The van der Waals surface area contributed by atoms with Crippen molar-refractivity contribution in [1.29, 1.82) is 0 Å². The fraction of sp³-hybridized carbons (Fsp3) is 0.412. The second kappa shape index (κ2) is 5.83. The van der Waals surface area contributed by atoms with Crippen LogP contribution in [-0.2, 0) is 0 Å². The minimum atomic E-state index is -1.18. The summed E-state index contributed by atoms with van der Waals surface area (Å²) in [7, 11) is 0. The highest BCUT2D eigenvalue weighted by Crippen LogP contribution is 2.39. The average molecular weight is 301 g/mol. The Morgan fingerprint density at radius 2 is 2.18 bits per heavy atom. The maximum absolute atomic E-state index is 12.4. The van der Waals surface area contributed by atoms with Gasteiger partial charge in [0.15, 0.2) is 0 Å². The van der Waals surface area contributed by atoms with Gasteiger partial charge in [0.1, 0.15) is 11.3 Å². The summed E-state index contributed by atoms with van der Waals surface area (Å²) in [5, 5.41) is 9.67. The molecule has 3 rings (SSSR count). The Morgan fingerprint density at radius 1 is 1.41 bits per heavy atom. The van der Waals surface area contributed by atoms with Gasteiger partial charge in [-0.05, 0) is 31.4 Å². The molecule has 1 aromatic carbocycles. The first-order valence-corrected chi connectivity index (χ1v) is 7.67. The van der Waals surface area contributed by atoms with E-state index in [4.69, 9.17) is 4.74 Å². The van der Waals surface area contributed by atoms with E-state index in [1.165, 1.54) is 6.20 Å². The van der Waals surface area contributed by atoms with E-state index in [-0.39, 0.29) is 11.6 Å². The molecule has 0 spiro atoms. The molecule has 2 aromatic rings. The number of benzene rings is 1. The van der Waals surface area contributed by atoms with Crippen LogP contribution in [0.5, 0.6) is 5.75 Å². The number of carboxylic acids is 1. The van der Waals surface area contributed by atoms with Crippen LogP contribution >= 0.6 is 0 Å². The molecule has 0 aliphatic heterocycles. The summed E-state index contributed by atoms with van der Waals surface area (Å²) >= 11 is 0. The summed E-state index contributed by atoms with van der Waals surface area (Å²) in [6, 6.07) is 5.53. The maximum Gasteiger partial charge on any atom is 0.341 e. The van der Waals surface area contributed by atoms with E-state index in [0.29, 0.717) is 17.7 Å². The van der Waals surface area contributed by atoms with E-state index in [9.17, 15) is 14.7 Å². The fourth-order valence-electron chi connectivity index (χ4n) is 2.62. The van der Waals surface area contributed by atoms with Crippen molar-refractivity contribution >= 4 is 16.9 Å². The molecule has 1 aliphatic carbocycles. The molecule has 22 heavy (non-hydrogen) atoms. The predicted molar refractivity (Wildman–Crippen MR) is 83.8 cm³/mol. The molecule has 1 saturated carbocycles. The molecular formula is C17H19NO4.